The first-order chi connectivity index (χ1) is 11.4. The fourth-order valence-electron chi connectivity index (χ4n) is 1.75. The number of sulfonamides is 1. The van der Waals surface area contributed by atoms with E-state index in [1.807, 2.05) is 0 Å². The molecule has 0 aliphatic heterocycles. The Morgan fingerprint density at radius 2 is 2.29 bits per heavy atom. The summed E-state index contributed by atoms with van der Waals surface area (Å²) in [6.45, 7) is 1.79. The molecule has 3 aromatic heterocycles. The molecule has 1 N–H and O–H groups in total. The quantitative estimate of drug-likeness (QED) is 0.693. The van der Waals surface area contributed by atoms with Crippen molar-refractivity contribution in [3.8, 4) is 5.88 Å². The van der Waals surface area contributed by atoms with Gasteiger partial charge in [-0.1, -0.05) is 22.8 Å². The van der Waals surface area contributed by atoms with Crippen molar-refractivity contribution in [2.24, 2.45) is 0 Å². The Morgan fingerprint density at radius 3 is 2.96 bits per heavy atom. The second-order valence-electron chi connectivity index (χ2n) is 4.60. The van der Waals surface area contributed by atoms with Crippen molar-refractivity contribution >= 4 is 38.8 Å². The van der Waals surface area contributed by atoms with Crippen molar-refractivity contribution < 1.29 is 17.7 Å². The molecule has 0 aliphatic carbocycles. The van der Waals surface area contributed by atoms with Gasteiger partial charge >= 0.3 is 0 Å². The van der Waals surface area contributed by atoms with Crippen LogP contribution in [0.15, 0.2) is 38.5 Å². The first-order valence-electron chi connectivity index (χ1n) is 6.58. The first-order valence-corrected chi connectivity index (χ1v) is 9.32. The summed E-state index contributed by atoms with van der Waals surface area (Å²) in [6, 6.07) is 4.80. The summed E-state index contributed by atoms with van der Waals surface area (Å²) in [4.78, 5) is 7.90. The molecule has 3 rings (SSSR count). The third kappa shape index (κ3) is 3.83. The van der Waals surface area contributed by atoms with Crippen LogP contribution in [0.1, 0.15) is 11.5 Å². The Morgan fingerprint density at radius 1 is 1.46 bits per heavy atom. The van der Waals surface area contributed by atoms with Gasteiger partial charge in [0.05, 0.1) is 6.20 Å². The molecule has 11 heteroatoms. The number of thiophene rings is 1. The summed E-state index contributed by atoms with van der Waals surface area (Å²) < 4.78 is 37.5. The lowest BCUT2D eigenvalue weighted by atomic mass is 10.4. The minimum absolute atomic E-state index is 0.0137. The molecule has 0 unspecified atom stereocenters. The Balaban J connectivity index is 1.83. The van der Waals surface area contributed by atoms with Gasteiger partial charge in [-0.2, -0.15) is 0 Å². The van der Waals surface area contributed by atoms with Crippen LogP contribution in [0.4, 0.5) is 5.82 Å². The van der Waals surface area contributed by atoms with E-state index in [1.54, 1.807) is 24.4 Å². The summed E-state index contributed by atoms with van der Waals surface area (Å²) >= 11 is 6.88. The van der Waals surface area contributed by atoms with E-state index in [0.717, 1.165) is 11.3 Å². The van der Waals surface area contributed by atoms with Crippen molar-refractivity contribution in [2.75, 3.05) is 4.72 Å². The highest BCUT2D eigenvalue weighted by molar-refractivity contribution is 7.94. The van der Waals surface area contributed by atoms with Gasteiger partial charge in [-0.05, 0) is 18.4 Å². The van der Waals surface area contributed by atoms with E-state index in [-0.39, 0.29) is 27.7 Å². The lowest BCUT2D eigenvalue weighted by Crippen LogP contribution is -2.14. The standard InChI is InChI=1S/C13H11ClN4O4S2/c1-8-5-9(17-22-8)7-21-13-12(16-10(14)6-15-13)18-24(19,20)11-3-2-4-23-11/h2-6H,7H2,1H3,(H,16,18). The Hall–Kier alpha value is -2.17. The number of anilines is 1. The molecule has 0 saturated carbocycles. The van der Waals surface area contributed by atoms with Crippen molar-refractivity contribution in [3.05, 3.63) is 46.4 Å². The molecule has 0 atom stereocenters. The lowest BCUT2D eigenvalue weighted by Gasteiger charge is -2.10. The monoisotopic (exact) mass is 386 g/mol. The molecule has 0 saturated heterocycles. The SMILES string of the molecule is Cc1cc(COc2ncc(Cl)nc2NS(=O)(=O)c2cccs2)no1. The van der Waals surface area contributed by atoms with Crippen LogP contribution in [0.3, 0.4) is 0 Å². The average Bonchev–Trinajstić information content (AvgIpc) is 3.18. The summed E-state index contributed by atoms with van der Waals surface area (Å²) in [7, 11) is -3.79. The summed E-state index contributed by atoms with van der Waals surface area (Å²) in [5.41, 5.74) is 0.538. The first kappa shape index (κ1) is 16.7. The number of hydrogen-bond donors (Lipinski definition) is 1. The Labute approximate surface area is 146 Å². The maximum atomic E-state index is 12.3. The average molecular weight is 387 g/mol. The molecule has 0 amide bonds. The van der Waals surface area contributed by atoms with E-state index in [1.165, 1.54) is 12.3 Å². The van der Waals surface area contributed by atoms with Crippen LogP contribution in [0, 0.1) is 6.92 Å². The van der Waals surface area contributed by atoms with Gasteiger partial charge < -0.3 is 9.26 Å². The van der Waals surface area contributed by atoms with Gasteiger partial charge in [0.2, 0.25) is 5.82 Å². The van der Waals surface area contributed by atoms with Crippen LogP contribution in [0.5, 0.6) is 5.88 Å². The largest absolute Gasteiger partial charge is 0.468 e. The molecule has 0 aliphatic rings. The number of aromatic nitrogens is 3. The Bertz CT molecular complexity index is 941. The molecule has 0 aromatic carbocycles. The number of nitrogens with zero attached hydrogens (tertiary/aromatic N) is 3. The molecule has 0 fully saturated rings. The maximum Gasteiger partial charge on any atom is 0.272 e. The molecule has 3 heterocycles. The molecular formula is C13H11ClN4O4S2. The molecule has 8 nitrogen and oxygen atoms in total. The molecule has 0 spiro atoms. The molecule has 24 heavy (non-hydrogen) atoms. The third-order valence-electron chi connectivity index (χ3n) is 2.73. The number of aryl methyl sites for hydroxylation is 1. The van der Waals surface area contributed by atoms with Gasteiger partial charge in [0.25, 0.3) is 15.9 Å². The van der Waals surface area contributed by atoms with Gasteiger partial charge in [0.1, 0.15) is 27.4 Å². The zero-order valence-electron chi connectivity index (χ0n) is 12.3. The number of hydrogen-bond acceptors (Lipinski definition) is 8. The molecule has 126 valence electrons. The zero-order valence-corrected chi connectivity index (χ0v) is 14.7. The molecule has 0 bridgehead atoms. The van der Waals surface area contributed by atoms with Gasteiger partial charge in [0.15, 0.2) is 0 Å². The molecule has 0 radical (unpaired) electrons. The fourth-order valence-corrected chi connectivity index (χ4v) is 3.88. The van der Waals surface area contributed by atoms with E-state index >= 15 is 0 Å². The van der Waals surface area contributed by atoms with Crippen LogP contribution in [0.2, 0.25) is 5.15 Å². The van der Waals surface area contributed by atoms with Gasteiger partial charge in [-0.15, -0.1) is 11.3 Å². The van der Waals surface area contributed by atoms with Crippen molar-refractivity contribution in [3.63, 3.8) is 0 Å². The second-order valence-corrected chi connectivity index (χ2v) is 7.85. The van der Waals surface area contributed by atoms with Gasteiger partial charge in [-0.3, -0.25) is 4.72 Å². The third-order valence-corrected chi connectivity index (χ3v) is 5.65. The van der Waals surface area contributed by atoms with E-state index in [0.29, 0.717) is 11.5 Å². The highest BCUT2D eigenvalue weighted by atomic mass is 35.5. The molecular weight excluding hydrogens is 376 g/mol. The van der Waals surface area contributed by atoms with Crippen LogP contribution < -0.4 is 9.46 Å². The summed E-state index contributed by atoms with van der Waals surface area (Å²) in [6.07, 6.45) is 1.26. The van der Waals surface area contributed by atoms with Gasteiger partial charge in [0, 0.05) is 6.07 Å². The van der Waals surface area contributed by atoms with E-state index in [4.69, 9.17) is 20.9 Å². The normalized spacial score (nSPS) is 11.4. The predicted octanol–water partition coefficient (Wildman–Crippen LogP) is 2.87. The van der Waals surface area contributed by atoms with Crippen molar-refractivity contribution in [1.82, 2.24) is 15.1 Å². The number of nitrogens with one attached hydrogen (secondary N) is 1. The van der Waals surface area contributed by atoms with Crippen LogP contribution in [-0.4, -0.2) is 23.5 Å². The molecule has 3 aromatic rings. The smallest absolute Gasteiger partial charge is 0.272 e. The second kappa shape index (κ2) is 6.75. The number of halogens is 1. The fraction of sp³-hybridized carbons (Fsp3) is 0.154. The minimum atomic E-state index is -3.79. The van der Waals surface area contributed by atoms with Crippen LogP contribution in [0.25, 0.3) is 0 Å². The van der Waals surface area contributed by atoms with Crippen LogP contribution in [-0.2, 0) is 16.6 Å². The number of ether oxygens (including phenoxy) is 1. The minimum Gasteiger partial charge on any atom is -0.468 e. The lowest BCUT2D eigenvalue weighted by molar-refractivity contribution is 0.278. The summed E-state index contributed by atoms with van der Waals surface area (Å²) in [5.74, 6) is 0.519. The van der Waals surface area contributed by atoms with E-state index in [2.05, 4.69) is 19.8 Å². The Kier molecular flexibility index (Phi) is 4.69. The van der Waals surface area contributed by atoms with Crippen molar-refractivity contribution in [1.29, 1.82) is 0 Å². The highest BCUT2D eigenvalue weighted by Gasteiger charge is 2.20. The van der Waals surface area contributed by atoms with Gasteiger partial charge in [-0.25, -0.2) is 18.4 Å². The van der Waals surface area contributed by atoms with Crippen LogP contribution >= 0.6 is 22.9 Å². The van der Waals surface area contributed by atoms with E-state index < -0.39 is 10.0 Å². The van der Waals surface area contributed by atoms with E-state index in [9.17, 15) is 8.42 Å². The predicted molar refractivity (Wildman–Crippen MR) is 87.7 cm³/mol. The maximum absolute atomic E-state index is 12.3. The van der Waals surface area contributed by atoms with Crippen molar-refractivity contribution in [2.45, 2.75) is 17.7 Å². The zero-order chi connectivity index (χ0) is 17.2. The summed E-state index contributed by atoms with van der Waals surface area (Å²) in [5, 5.41) is 5.47. The highest BCUT2D eigenvalue weighted by Crippen LogP contribution is 2.26. The number of rotatable bonds is 6. The topological polar surface area (TPSA) is 107 Å².